The van der Waals surface area contributed by atoms with E-state index < -0.39 is 10.0 Å². The third-order valence-electron chi connectivity index (χ3n) is 4.71. The Labute approximate surface area is 171 Å². The number of morpholine rings is 1. The molecule has 1 aliphatic rings. The van der Waals surface area contributed by atoms with Crippen molar-refractivity contribution in [1.82, 2.24) is 4.31 Å². The van der Waals surface area contributed by atoms with Gasteiger partial charge in [0, 0.05) is 38.1 Å². The molecule has 2 aromatic carbocycles. The van der Waals surface area contributed by atoms with Gasteiger partial charge in [0.15, 0.2) is 0 Å². The quantitative estimate of drug-likeness (QED) is 0.703. The second-order valence-corrected chi connectivity index (χ2v) is 8.79. The van der Waals surface area contributed by atoms with E-state index in [4.69, 9.17) is 4.74 Å². The highest BCUT2D eigenvalue weighted by atomic mass is 32.2. The number of rotatable bonds is 7. The molecule has 29 heavy (non-hydrogen) atoms. The number of ether oxygens (including phenoxy) is 1. The molecule has 1 aliphatic heterocycles. The zero-order chi connectivity index (χ0) is 20.9. The summed E-state index contributed by atoms with van der Waals surface area (Å²) in [5.74, 6) is -0.349. The standard InChI is InChI=1S/C21H25N3O4S/c1-3-21(25)22-18-7-9-20(10-8-18)29(26,27)23(2)16-17-5-4-6-19(15-17)24-11-13-28-14-12-24/h3-10,15H,1,11-14,16H2,2H3,(H,22,25). The van der Waals surface area contributed by atoms with Crippen LogP contribution in [0, 0.1) is 0 Å². The molecule has 1 heterocycles. The minimum absolute atomic E-state index is 0.168. The van der Waals surface area contributed by atoms with Gasteiger partial charge < -0.3 is 15.0 Å². The Morgan fingerprint density at radius 2 is 1.90 bits per heavy atom. The summed E-state index contributed by atoms with van der Waals surface area (Å²) in [5.41, 5.74) is 2.49. The van der Waals surface area contributed by atoms with Crippen LogP contribution in [0.3, 0.4) is 0 Å². The average Bonchev–Trinajstić information content (AvgIpc) is 2.75. The Balaban J connectivity index is 1.71. The highest BCUT2D eigenvalue weighted by Gasteiger charge is 2.21. The number of benzene rings is 2. The molecule has 1 fully saturated rings. The van der Waals surface area contributed by atoms with Gasteiger partial charge in [-0.05, 0) is 48.0 Å². The molecule has 1 N–H and O–H groups in total. The summed E-state index contributed by atoms with van der Waals surface area (Å²) in [6.45, 7) is 6.69. The van der Waals surface area contributed by atoms with Crippen molar-refractivity contribution in [2.24, 2.45) is 0 Å². The van der Waals surface area contributed by atoms with E-state index in [-0.39, 0.29) is 17.3 Å². The lowest BCUT2D eigenvalue weighted by molar-refractivity contribution is -0.111. The number of nitrogens with zero attached hydrogens (tertiary/aromatic N) is 2. The highest BCUT2D eigenvalue weighted by molar-refractivity contribution is 7.89. The Bertz CT molecular complexity index is 968. The van der Waals surface area contributed by atoms with E-state index in [1.807, 2.05) is 24.3 Å². The summed E-state index contributed by atoms with van der Waals surface area (Å²) in [7, 11) is -2.10. The minimum Gasteiger partial charge on any atom is -0.378 e. The van der Waals surface area contributed by atoms with Gasteiger partial charge in [0.05, 0.1) is 18.1 Å². The number of amides is 1. The fraction of sp³-hybridized carbons (Fsp3) is 0.286. The summed E-state index contributed by atoms with van der Waals surface area (Å²) >= 11 is 0. The number of hydrogen-bond donors (Lipinski definition) is 1. The summed E-state index contributed by atoms with van der Waals surface area (Å²) < 4.78 is 32.5. The van der Waals surface area contributed by atoms with Crippen LogP contribution in [-0.4, -0.2) is 52.0 Å². The number of nitrogens with one attached hydrogen (secondary N) is 1. The summed E-state index contributed by atoms with van der Waals surface area (Å²) in [5, 5.41) is 2.60. The molecule has 0 radical (unpaired) electrons. The average molecular weight is 416 g/mol. The van der Waals surface area contributed by atoms with E-state index in [0.29, 0.717) is 18.9 Å². The lowest BCUT2D eigenvalue weighted by atomic mass is 10.2. The number of carbonyl (C=O) groups excluding carboxylic acids is 1. The first-order valence-corrected chi connectivity index (χ1v) is 10.8. The van der Waals surface area contributed by atoms with Gasteiger partial charge in [0.2, 0.25) is 15.9 Å². The third kappa shape index (κ3) is 5.23. The molecule has 0 aromatic heterocycles. The zero-order valence-electron chi connectivity index (χ0n) is 16.4. The molecule has 3 rings (SSSR count). The van der Waals surface area contributed by atoms with E-state index in [2.05, 4.69) is 16.8 Å². The Hall–Kier alpha value is -2.68. The predicted molar refractivity (Wildman–Crippen MR) is 113 cm³/mol. The highest BCUT2D eigenvalue weighted by Crippen LogP contribution is 2.22. The van der Waals surface area contributed by atoms with Gasteiger partial charge in [-0.1, -0.05) is 18.7 Å². The topological polar surface area (TPSA) is 79.0 Å². The molecule has 0 atom stereocenters. The fourth-order valence-corrected chi connectivity index (χ4v) is 4.26. The molecule has 0 bridgehead atoms. The van der Waals surface area contributed by atoms with Crippen LogP contribution in [0.2, 0.25) is 0 Å². The maximum Gasteiger partial charge on any atom is 0.247 e. The van der Waals surface area contributed by atoms with Crippen molar-refractivity contribution in [1.29, 1.82) is 0 Å². The molecule has 1 amide bonds. The first-order valence-electron chi connectivity index (χ1n) is 9.31. The van der Waals surface area contributed by atoms with E-state index in [1.165, 1.54) is 16.4 Å². The van der Waals surface area contributed by atoms with E-state index in [1.54, 1.807) is 19.2 Å². The molecule has 0 spiro atoms. The summed E-state index contributed by atoms with van der Waals surface area (Å²) in [6.07, 6.45) is 1.16. The SMILES string of the molecule is C=CC(=O)Nc1ccc(S(=O)(=O)N(C)Cc2cccc(N3CCOCC3)c2)cc1. The van der Waals surface area contributed by atoms with Gasteiger partial charge in [-0.3, -0.25) is 4.79 Å². The molecule has 0 saturated carbocycles. The maximum absolute atomic E-state index is 12.9. The van der Waals surface area contributed by atoms with Crippen LogP contribution in [-0.2, 0) is 26.1 Å². The molecule has 2 aromatic rings. The summed E-state index contributed by atoms with van der Waals surface area (Å²) in [6, 6.07) is 14.0. The van der Waals surface area contributed by atoms with Crippen LogP contribution in [0.15, 0.2) is 66.1 Å². The Morgan fingerprint density at radius 1 is 1.21 bits per heavy atom. The van der Waals surface area contributed by atoms with E-state index in [0.717, 1.165) is 30.4 Å². The van der Waals surface area contributed by atoms with Crippen molar-refractivity contribution < 1.29 is 17.9 Å². The van der Waals surface area contributed by atoms with E-state index in [9.17, 15) is 13.2 Å². The van der Waals surface area contributed by atoms with Crippen molar-refractivity contribution in [2.75, 3.05) is 43.6 Å². The van der Waals surface area contributed by atoms with Crippen LogP contribution < -0.4 is 10.2 Å². The molecule has 8 heteroatoms. The fourth-order valence-electron chi connectivity index (χ4n) is 3.10. The third-order valence-corrected chi connectivity index (χ3v) is 6.53. The molecule has 7 nitrogen and oxygen atoms in total. The smallest absolute Gasteiger partial charge is 0.247 e. The zero-order valence-corrected chi connectivity index (χ0v) is 17.2. The number of carbonyl (C=O) groups is 1. The first-order chi connectivity index (χ1) is 13.9. The van der Waals surface area contributed by atoms with Crippen LogP contribution in [0.5, 0.6) is 0 Å². The van der Waals surface area contributed by atoms with Gasteiger partial charge in [0.1, 0.15) is 0 Å². The van der Waals surface area contributed by atoms with Crippen LogP contribution in [0.4, 0.5) is 11.4 Å². The van der Waals surface area contributed by atoms with Gasteiger partial charge >= 0.3 is 0 Å². The van der Waals surface area contributed by atoms with Crippen molar-refractivity contribution >= 4 is 27.3 Å². The second kappa shape index (κ2) is 9.21. The van der Waals surface area contributed by atoms with Gasteiger partial charge in [-0.25, -0.2) is 8.42 Å². The molecule has 154 valence electrons. The number of hydrogen-bond acceptors (Lipinski definition) is 5. The minimum atomic E-state index is -3.66. The van der Waals surface area contributed by atoms with Crippen LogP contribution >= 0.6 is 0 Å². The second-order valence-electron chi connectivity index (χ2n) is 6.75. The molecular formula is C21H25N3O4S. The van der Waals surface area contributed by atoms with Gasteiger partial charge in [-0.2, -0.15) is 4.31 Å². The van der Waals surface area contributed by atoms with Crippen LogP contribution in [0.25, 0.3) is 0 Å². The van der Waals surface area contributed by atoms with Crippen molar-refractivity contribution in [3.63, 3.8) is 0 Å². The maximum atomic E-state index is 12.9. The van der Waals surface area contributed by atoms with Gasteiger partial charge in [0.25, 0.3) is 0 Å². The number of sulfonamides is 1. The molecular weight excluding hydrogens is 390 g/mol. The van der Waals surface area contributed by atoms with Crippen molar-refractivity contribution in [3.8, 4) is 0 Å². The van der Waals surface area contributed by atoms with Crippen molar-refractivity contribution in [3.05, 3.63) is 66.7 Å². The largest absolute Gasteiger partial charge is 0.378 e. The monoisotopic (exact) mass is 415 g/mol. The number of anilines is 2. The predicted octanol–water partition coefficient (Wildman–Crippen LogP) is 2.47. The Morgan fingerprint density at radius 3 is 2.55 bits per heavy atom. The molecule has 0 aliphatic carbocycles. The van der Waals surface area contributed by atoms with Crippen LogP contribution in [0.1, 0.15) is 5.56 Å². The van der Waals surface area contributed by atoms with Crippen molar-refractivity contribution in [2.45, 2.75) is 11.4 Å². The Kier molecular flexibility index (Phi) is 6.68. The molecule has 1 saturated heterocycles. The van der Waals surface area contributed by atoms with Gasteiger partial charge in [-0.15, -0.1) is 0 Å². The molecule has 0 unspecified atom stereocenters. The first kappa shape index (κ1) is 21.0. The lowest BCUT2D eigenvalue weighted by Crippen LogP contribution is -2.36. The normalized spacial score (nSPS) is 14.6. The van der Waals surface area contributed by atoms with E-state index >= 15 is 0 Å². The summed E-state index contributed by atoms with van der Waals surface area (Å²) in [4.78, 5) is 13.8. The lowest BCUT2D eigenvalue weighted by Gasteiger charge is -2.29.